The Labute approximate surface area is 203 Å². The molecule has 0 atom stereocenters. The number of benzene rings is 1. The number of fused-ring (bicyclic) bond motifs is 1. The number of nitrogens with zero attached hydrogens (tertiary/aromatic N) is 3. The van der Waals surface area contributed by atoms with Gasteiger partial charge in [0.25, 0.3) is 0 Å². The van der Waals surface area contributed by atoms with Crippen molar-refractivity contribution in [3.05, 3.63) is 64.0 Å². The van der Waals surface area contributed by atoms with Crippen LogP contribution in [-0.2, 0) is 41.7 Å². The Morgan fingerprint density at radius 2 is 1.89 bits per heavy atom. The Morgan fingerprint density at radius 3 is 2.63 bits per heavy atom. The maximum Gasteiger partial charge on any atom is 0.416 e. The molecule has 1 fully saturated rings. The summed E-state index contributed by atoms with van der Waals surface area (Å²) in [5, 5.41) is 3.03. The maximum absolute atomic E-state index is 13.0. The molecule has 2 aliphatic rings. The zero-order chi connectivity index (χ0) is 25.0. The first-order valence-corrected chi connectivity index (χ1v) is 12.1. The fraction of sp³-hybridized carbons (Fsp3) is 0.500. The summed E-state index contributed by atoms with van der Waals surface area (Å²) >= 11 is 0. The van der Waals surface area contributed by atoms with Gasteiger partial charge in [-0.05, 0) is 67.6 Å². The number of hydrogen-bond donors (Lipinski definition) is 1. The van der Waals surface area contributed by atoms with Crippen LogP contribution >= 0.6 is 0 Å². The Balaban J connectivity index is 1.38. The molecule has 0 aliphatic carbocycles. The predicted octanol–water partition coefficient (Wildman–Crippen LogP) is 3.64. The van der Waals surface area contributed by atoms with Crippen LogP contribution in [0.1, 0.15) is 52.8 Å². The summed E-state index contributed by atoms with van der Waals surface area (Å²) in [6, 6.07) is 4.91. The van der Waals surface area contributed by atoms with Crippen LogP contribution in [0, 0.1) is 6.92 Å². The number of hydrogen-bond acceptors (Lipinski definition) is 4. The zero-order valence-electron chi connectivity index (χ0n) is 20.0. The quantitative estimate of drug-likeness (QED) is 0.675. The van der Waals surface area contributed by atoms with E-state index in [1.165, 1.54) is 12.5 Å². The molecule has 0 radical (unpaired) electrons. The molecule has 1 aromatic heterocycles. The van der Waals surface area contributed by atoms with Crippen LogP contribution in [-0.4, -0.2) is 52.8 Å². The van der Waals surface area contributed by atoms with Crippen LogP contribution in [0.15, 0.2) is 30.5 Å². The highest BCUT2D eigenvalue weighted by molar-refractivity contribution is 5.79. The number of aryl methyl sites for hydroxylation is 1. The Bertz CT molecular complexity index is 1080. The number of rotatable bonds is 6. The largest absolute Gasteiger partial charge is 0.416 e. The second-order valence-electron chi connectivity index (χ2n) is 9.38. The third-order valence-electron chi connectivity index (χ3n) is 6.84. The van der Waals surface area contributed by atoms with Crippen molar-refractivity contribution in [1.29, 1.82) is 0 Å². The van der Waals surface area contributed by atoms with E-state index in [1.807, 2.05) is 6.92 Å². The van der Waals surface area contributed by atoms with Crippen LogP contribution in [0.4, 0.5) is 13.2 Å². The first kappa shape index (κ1) is 25.2. The second-order valence-corrected chi connectivity index (χ2v) is 9.38. The molecule has 0 unspecified atom stereocenters. The molecule has 0 spiro atoms. The molecule has 0 bridgehead atoms. The smallest absolute Gasteiger partial charge is 0.351 e. The van der Waals surface area contributed by atoms with E-state index in [-0.39, 0.29) is 18.2 Å². The zero-order valence-corrected chi connectivity index (χ0v) is 20.0. The Hall–Kier alpha value is -2.94. The summed E-state index contributed by atoms with van der Waals surface area (Å²) in [6.45, 7) is 5.46. The average Bonchev–Trinajstić information content (AvgIpc) is 2.83. The van der Waals surface area contributed by atoms with Crippen LogP contribution in [0.2, 0.25) is 0 Å². The van der Waals surface area contributed by atoms with E-state index in [0.717, 1.165) is 60.4 Å². The third-order valence-corrected chi connectivity index (χ3v) is 6.84. The second kappa shape index (κ2) is 10.8. The van der Waals surface area contributed by atoms with E-state index in [9.17, 15) is 22.8 Å². The van der Waals surface area contributed by atoms with E-state index in [0.29, 0.717) is 38.2 Å². The lowest BCUT2D eigenvalue weighted by Crippen LogP contribution is -2.40. The minimum Gasteiger partial charge on any atom is -0.351 e. The molecule has 2 amide bonds. The summed E-state index contributed by atoms with van der Waals surface area (Å²) in [4.78, 5) is 33.6. The molecule has 188 valence electrons. The van der Waals surface area contributed by atoms with Gasteiger partial charge in [0.1, 0.15) is 0 Å². The van der Waals surface area contributed by atoms with Gasteiger partial charge < -0.3 is 10.2 Å². The summed E-state index contributed by atoms with van der Waals surface area (Å²) < 4.78 is 39.0. The molecule has 0 saturated carbocycles. The molecule has 2 aromatic rings. The molecular weight excluding hydrogens is 457 g/mol. The van der Waals surface area contributed by atoms with Crippen LogP contribution in [0.25, 0.3) is 0 Å². The molecule has 2 aliphatic heterocycles. The highest BCUT2D eigenvalue weighted by Gasteiger charge is 2.31. The molecule has 3 heterocycles. The number of halogens is 3. The van der Waals surface area contributed by atoms with Crippen molar-refractivity contribution in [2.24, 2.45) is 0 Å². The summed E-state index contributed by atoms with van der Waals surface area (Å²) in [7, 11) is 0. The number of alkyl halides is 3. The van der Waals surface area contributed by atoms with Crippen molar-refractivity contribution in [2.75, 3.05) is 26.2 Å². The number of aromatic nitrogens is 1. The van der Waals surface area contributed by atoms with Gasteiger partial charge in [0.2, 0.25) is 11.8 Å². The minimum atomic E-state index is -4.44. The van der Waals surface area contributed by atoms with Crippen LogP contribution < -0.4 is 5.32 Å². The van der Waals surface area contributed by atoms with Crippen molar-refractivity contribution in [3.63, 3.8) is 0 Å². The lowest BCUT2D eigenvalue weighted by atomic mass is 9.94. The Morgan fingerprint density at radius 1 is 1.11 bits per heavy atom. The lowest BCUT2D eigenvalue weighted by Gasteiger charge is -2.31. The number of pyridine rings is 1. The molecular formula is C26H31F3N4O2. The van der Waals surface area contributed by atoms with Crippen molar-refractivity contribution >= 4 is 11.8 Å². The summed E-state index contributed by atoms with van der Waals surface area (Å²) in [6.07, 6.45) is 1.33. The molecule has 1 aromatic carbocycles. The normalized spacial score (nSPS) is 16.6. The molecule has 35 heavy (non-hydrogen) atoms. The van der Waals surface area contributed by atoms with Gasteiger partial charge in [0.05, 0.1) is 18.5 Å². The van der Waals surface area contributed by atoms with Crippen molar-refractivity contribution in [3.8, 4) is 0 Å². The van der Waals surface area contributed by atoms with E-state index < -0.39 is 11.7 Å². The van der Waals surface area contributed by atoms with E-state index >= 15 is 0 Å². The molecule has 1 N–H and O–H groups in total. The van der Waals surface area contributed by atoms with Crippen molar-refractivity contribution in [1.82, 2.24) is 20.1 Å². The van der Waals surface area contributed by atoms with Gasteiger partial charge in [-0.25, -0.2) is 0 Å². The first-order chi connectivity index (χ1) is 16.7. The topological polar surface area (TPSA) is 65.5 Å². The molecule has 6 nitrogen and oxygen atoms in total. The Kier molecular flexibility index (Phi) is 7.74. The summed E-state index contributed by atoms with van der Waals surface area (Å²) in [5.41, 5.74) is 3.44. The average molecular weight is 489 g/mol. The van der Waals surface area contributed by atoms with Gasteiger partial charge in [0.15, 0.2) is 0 Å². The lowest BCUT2D eigenvalue weighted by molar-refractivity contribution is -0.138. The van der Waals surface area contributed by atoms with Crippen LogP contribution in [0.5, 0.6) is 0 Å². The number of carbonyl (C=O) groups is 2. The van der Waals surface area contributed by atoms with Crippen molar-refractivity contribution < 1.29 is 22.8 Å². The van der Waals surface area contributed by atoms with E-state index in [4.69, 9.17) is 0 Å². The van der Waals surface area contributed by atoms with Gasteiger partial charge in [-0.1, -0.05) is 24.6 Å². The van der Waals surface area contributed by atoms with Gasteiger partial charge >= 0.3 is 6.18 Å². The number of piperidine rings is 1. The summed E-state index contributed by atoms with van der Waals surface area (Å²) in [5.74, 6) is -0.218. The molecule has 9 heteroatoms. The van der Waals surface area contributed by atoms with Gasteiger partial charge in [-0.2, -0.15) is 13.2 Å². The fourth-order valence-corrected chi connectivity index (χ4v) is 4.88. The van der Waals surface area contributed by atoms with Gasteiger partial charge in [0, 0.05) is 31.5 Å². The monoisotopic (exact) mass is 488 g/mol. The number of nitrogens with one attached hydrogen (secondary N) is 1. The SMILES string of the molecule is Cc1ncc2c(c1CNC(=O)CN1CCCCC1)CCN(C(=O)Cc1cccc(C(F)(F)F)c1)C2. The van der Waals surface area contributed by atoms with Crippen molar-refractivity contribution in [2.45, 2.75) is 58.3 Å². The van der Waals surface area contributed by atoms with Gasteiger partial charge in [-0.15, -0.1) is 0 Å². The molecule has 4 rings (SSSR count). The predicted molar refractivity (Wildman–Crippen MR) is 125 cm³/mol. The number of likely N-dealkylation sites (tertiary alicyclic amines) is 1. The minimum absolute atomic E-state index is 0.00222. The third kappa shape index (κ3) is 6.39. The highest BCUT2D eigenvalue weighted by Crippen LogP contribution is 2.30. The maximum atomic E-state index is 13.0. The van der Waals surface area contributed by atoms with E-state index in [1.54, 1.807) is 17.2 Å². The van der Waals surface area contributed by atoms with Gasteiger partial charge in [-0.3, -0.25) is 19.5 Å². The van der Waals surface area contributed by atoms with E-state index in [2.05, 4.69) is 15.2 Å². The number of carbonyl (C=O) groups excluding carboxylic acids is 2. The highest BCUT2D eigenvalue weighted by atomic mass is 19.4. The van der Waals surface area contributed by atoms with Crippen LogP contribution in [0.3, 0.4) is 0 Å². The molecule has 1 saturated heterocycles. The number of amides is 2. The fourth-order valence-electron chi connectivity index (χ4n) is 4.88. The standard InChI is InChI=1S/C26H31F3N4O2/c1-18-23(15-31-24(34)17-32-9-3-2-4-10-32)22-8-11-33(16-20(22)14-30-18)25(35)13-19-6-5-7-21(12-19)26(27,28)29/h5-7,12,14H,2-4,8-11,13,15-17H2,1H3,(H,31,34). The first-order valence-electron chi connectivity index (χ1n) is 12.1.